The summed E-state index contributed by atoms with van der Waals surface area (Å²) in [5.41, 5.74) is 1.04. The van der Waals surface area contributed by atoms with Crippen LogP contribution in [0, 0.1) is 0 Å². The molecule has 3 heteroatoms. The minimum absolute atomic E-state index is 0.121. The van der Waals surface area contributed by atoms with Gasteiger partial charge in [0.25, 0.3) is 0 Å². The van der Waals surface area contributed by atoms with E-state index in [9.17, 15) is 4.79 Å². The van der Waals surface area contributed by atoms with E-state index in [1.165, 1.54) is 19.3 Å². The van der Waals surface area contributed by atoms with E-state index in [1.807, 2.05) is 30.3 Å². The molecule has 1 saturated heterocycles. The SMILES string of the molecule is C[C@@H]1CCC[C@H](C)N1CC(=O)OCc1ccccc1. The molecule has 0 bridgehead atoms. The maximum Gasteiger partial charge on any atom is 0.320 e. The number of carbonyl (C=O) groups is 1. The fourth-order valence-corrected chi connectivity index (χ4v) is 2.72. The molecule has 0 N–H and O–H groups in total. The van der Waals surface area contributed by atoms with Gasteiger partial charge in [0, 0.05) is 12.1 Å². The number of esters is 1. The molecular formula is C16H23NO2. The number of hydrogen-bond donors (Lipinski definition) is 0. The molecule has 0 aliphatic carbocycles. The Morgan fingerprint density at radius 3 is 2.47 bits per heavy atom. The summed E-state index contributed by atoms with van der Waals surface area (Å²) < 4.78 is 5.35. The molecule has 2 rings (SSSR count). The highest BCUT2D eigenvalue weighted by atomic mass is 16.5. The van der Waals surface area contributed by atoms with Crippen molar-refractivity contribution in [3.05, 3.63) is 35.9 Å². The first kappa shape index (κ1) is 14.1. The van der Waals surface area contributed by atoms with Crippen LogP contribution < -0.4 is 0 Å². The molecule has 0 aromatic heterocycles. The highest BCUT2D eigenvalue weighted by Gasteiger charge is 2.26. The van der Waals surface area contributed by atoms with E-state index in [1.54, 1.807) is 0 Å². The van der Waals surface area contributed by atoms with Crippen molar-refractivity contribution in [1.29, 1.82) is 0 Å². The Hall–Kier alpha value is -1.35. The molecule has 1 aromatic rings. The quantitative estimate of drug-likeness (QED) is 0.780. The van der Waals surface area contributed by atoms with Gasteiger partial charge in [-0.1, -0.05) is 36.8 Å². The van der Waals surface area contributed by atoms with Crippen LogP contribution in [0.5, 0.6) is 0 Å². The third kappa shape index (κ3) is 4.06. The van der Waals surface area contributed by atoms with E-state index in [2.05, 4.69) is 18.7 Å². The van der Waals surface area contributed by atoms with Gasteiger partial charge in [-0.05, 0) is 32.3 Å². The van der Waals surface area contributed by atoms with Gasteiger partial charge in [-0.25, -0.2) is 0 Å². The van der Waals surface area contributed by atoms with E-state index in [4.69, 9.17) is 4.74 Å². The van der Waals surface area contributed by atoms with Crippen LogP contribution in [0.4, 0.5) is 0 Å². The maximum absolute atomic E-state index is 11.9. The average molecular weight is 261 g/mol. The Morgan fingerprint density at radius 1 is 1.21 bits per heavy atom. The van der Waals surface area contributed by atoms with Crippen LogP contribution in [-0.4, -0.2) is 29.5 Å². The van der Waals surface area contributed by atoms with Gasteiger partial charge in [0.2, 0.25) is 0 Å². The Kier molecular flexibility index (Phi) is 4.97. The summed E-state index contributed by atoms with van der Waals surface area (Å²) in [6.45, 7) is 5.17. The third-order valence-corrected chi connectivity index (χ3v) is 3.93. The van der Waals surface area contributed by atoms with Gasteiger partial charge in [-0.2, -0.15) is 0 Å². The first-order valence-corrected chi connectivity index (χ1v) is 7.12. The minimum Gasteiger partial charge on any atom is -0.460 e. The number of ether oxygens (including phenoxy) is 1. The molecule has 104 valence electrons. The van der Waals surface area contributed by atoms with Crippen LogP contribution in [0.15, 0.2) is 30.3 Å². The Balaban J connectivity index is 1.80. The Morgan fingerprint density at radius 2 is 1.84 bits per heavy atom. The zero-order chi connectivity index (χ0) is 13.7. The van der Waals surface area contributed by atoms with Crippen molar-refractivity contribution in [1.82, 2.24) is 4.90 Å². The summed E-state index contributed by atoms with van der Waals surface area (Å²) in [7, 11) is 0. The number of hydrogen-bond acceptors (Lipinski definition) is 3. The molecular weight excluding hydrogens is 238 g/mol. The van der Waals surface area contributed by atoms with Gasteiger partial charge < -0.3 is 4.74 Å². The van der Waals surface area contributed by atoms with Crippen molar-refractivity contribution in [2.75, 3.05) is 6.54 Å². The van der Waals surface area contributed by atoms with Crippen molar-refractivity contribution in [2.45, 2.75) is 51.8 Å². The first-order chi connectivity index (χ1) is 9.16. The average Bonchev–Trinajstić information content (AvgIpc) is 2.42. The standard InChI is InChI=1S/C16H23NO2/c1-13-7-6-8-14(2)17(13)11-16(18)19-12-15-9-4-3-5-10-15/h3-5,9-10,13-14H,6-8,11-12H2,1-2H3/t13-,14+. The van der Waals surface area contributed by atoms with E-state index in [0.717, 1.165) is 5.56 Å². The van der Waals surface area contributed by atoms with E-state index >= 15 is 0 Å². The number of benzene rings is 1. The number of nitrogens with zero attached hydrogens (tertiary/aromatic N) is 1. The summed E-state index contributed by atoms with van der Waals surface area (Å²) >= 11 is 0. The molecule has 0 saturated carbocycles. The van der Waals surface area contributed by atoms with Crippen LogP contribution in [-0.2, 0) is 16.1 Å². The summed E-state index contributed by atoms with van der Waals surface area (Å²) in [5.74, 6) is -0.121. The molecule has 0 radical (unpaired) electrons. The zero-order valence-electron chi connectivity index (χ0n) is 11.8. The Bertz CT molecular complexity index is 394. The topological polar surface area (TPSA) is 29.5 Å². The fourth-order valence-electron chi connectivity index (χ4n) is 2.72. The van der Waals surface area contributed by atoms with E-state index in [-0.39, 0.29) is 5.97 Å². The van der Waals surface area contributed by atoms with Crippen molar-refractivity contribution >= 4 is 5.97 Å². The molecule has 1 aliphatic rings. The van der Waals surface area contributed by atoms with Crippen molar-refractivity contribution in [3.8, 4) is 0 Å². The van der Waals surface area contributed by atoms with Crippen molar-refractivity contribution in [2.24, 2.45) is 0 Å². The van der Waals surface area contributed by atoms with Crippen molar-refractivity contribution in [3.63, 3.8) is 0 Å². The number of rotatable bonds is 4. The summed E-state index contributed by atoms with van der Waals surface area (Å²) in [4.78, 5) is 14.2. The molecule has 1 fully saturated rings. The molecule has 0 unspecified atom stereocenters. The van der Waals surface area contributed by atoms with Crippen LogP contribution >= 0.6 is 0 Å². The molecule has 0 amide bonds. The van der Waals surface area contributed by atoms with E-state index < -0.39 is 0 Å². The molecule has 0 spiro atoms. The lowest BCUT2D eigenvalue weighted by Gasteiger charge is -2.38. The predicted octanol–water partition coefficient (Wildman–Crippen LogP) is 2.99. The van der Waals surface area contributed by atoms with Crippen LogP contribution in [0.2, 0.25) is 0 Å². The Labute approximate surface area is 115 Å². The molecule has 1 heterocycles. The number of piperidine rings is 1. The number of carbonyl (C=O) groups excluding carboxylic acids is 1. The fraction of sp³-hybridized carbons (Fsp3) is 0.562. The highest BCUT2D eigenvalue weighted by molar-refractivity contribution is 5.71. The van der Waals surface area contributed by atoms with Crippen LogP contribution in [0.3, 0.4) is 0 Å². The summed E-state index contributed by atoms with van der Waals surface area (Å²) in [6.07, 6.45) is 3.62. The van der Waals surface area contributed by atoms with Crippen molar-refractivity contribution < 1.29 is 9.53 Å². The molecule has 3 nitrogen and oxygen atoms in total. The molecule has 1 aromatic carbocycles. The zero-order valence-corrected chi connectivity index (χ0v) is 11.8. The summed E-state index contributed by atoms with van der Waals surface area (Å²) in [6, 6.07) is 10.8. The molecule has 2 atom stereocenters. The molecule has 1 aliphatic heterocycles. The molecule has 19 heavy (non-hydrogen) atoms. The van der Waals surface area contributed by atoms with Crippen LogP contribution in [0.1, 0.15) is 38.7 Å². The smallest absolute Gasteiger partial charge is 0.320 e. The van der Waals surface area contributed by atoms with Crippen LogP contribution in [0.25, 0.3) is 0 Å². The second kappa shape index (κ2) is 6.71. The van der Waals surface area contributed by atoms with Gasteiger partial charge in [-0.3, -0.25) is 9.69 Å². The monoisotopic (exact) mass is 261 g/mol. The van der Waals surface area contributed by atoms with Gasteiger partial charge in [0.05, 0.1) is 6.54 Å². The summed E-state index contributed by atoms with van der Waals surface area (Å²) in [5, 5.41) is 0. The lowest BCUT2D eigenvalue weighted by Crippen LogP contribution is -2.46. The first-order valence-electron chi connectivity index (χ1n) is 7.12. The second-order valence-corrected chi connectivity index (χ2v) is 5.45. The lowest BCUT2D eigenvalue weighted by molar-refractivity contribution is -0.148. The lowest BCUT2D eigenvalue weighted by atomic mass is 9.98. The minimum atomic E-state index is -0.121. The number of likely N-dealkylation sites (tertiary alicyclic amines) is 1. The van der Waals surface area contributed by atoms with Gasteiger partial charge in [-0.15, -0.1) is 0 Å². The predicted molar refractivity (Wildman–Crippen MR) is 75.7 cm³/mol. The normalized spacial score (nSPS) is 24.1. The van der Waals surface area contributed by atoms with Gasteiger partial charge >= 0.3 is 5.97 Å². The van der Waals surface area contributed by atoms with E-state index in [0.29, 0.717) is 25.2 Å². The largest absolute Gasteiger partial charge is 0.460 e. The van der Waals surface area contributed by atoms with Gasteiger partial charge in [0.1, 0.15) is 6.61 Å². The van der Waals surface area contributed by atoms with Gasteiger partial charge in [0.15, 0.2) is 0 Å². The second-order valence-electron chi connectivity index (χ2n) is 5.45. The maximum atomic E-state index is 11.9. The highest BCUT2D eigenvalue weighted by Crippen LogP contribution is 2.22. The third-order valence-electron chi connectivity index (χ3n) is 3.93.